The van der Waals surface area contributed by atoms with E-state index in [-0.39, 0.29) is 24.2 Å². The molecule has 2 aliphatic heterocycles. The van der Waals surface area contributed by atoms with Gasteiger partial charge in [0, 0.05) is 17.5 Å². The van der Waals surface area contributed by atoms with Crippen LogP contribution in [0.3, 0.4) is 0 Å². The minimum Gasteiger partial charge on any atom is -0.486 e. The smallest absolute Gasteiger partial charge is 0.229 e. The number of fused-ring (bicyclic) bond motifs is 1. The Kier molecular flexibility index (Phi) is 5.12. The fourth-order valence-electron chi connectivity index (χ4n) is 4.05. The molecule has 2 aromatic carbocycles. The molecule has 3 aromatic rings. The zero-order chi connectivity index (χ0) is 20.5. The molecule has 1 atom stereocenters. The highest BCUT2D eigenvalue weighted by atomic mass is 32.1. The van der Waals surface area contributed by atoms with E-state index in [0.29, 0.717) is 13.2 Å². The fourth-order valence-corrected chi connectivity index (χ4v) is 4.87. The van der Waals surface area contributed by atoms with Gasteiger partial charge in [0.05, 0.1) is 18.2 Å². The Morgan fingerprint density at radius 3 is 2.77 bits per heavy atom. The van der Waals surface area contributed by atoms with Crippen LogP contribution in [0.1, 0.15) is 30.1 Å². The molecule has 1 amide bonds. The number of amides is 1. The minimum absolute atomic E-state index is 0.0449. The Balaban J connectivity index is 1.30. The number of carbonyl (C=O) groups excluding carboxylic acids is 1. The predicted molar refractivity (Wildman–Crippen MR) is 112 cm³/mol. The van der Waals surface area contributed by atoms with Crippen molar-refractivity contribution in [3.8, 4) is 22.1 Å². The summed E-state index contributed by atoms with van der Waals surface area (Å²) in [5.74, 6) is 1.31. The SMILES string of the molecule is O=C(Cc1csc(-c2ccc(F)cc2)n1)N1CCCC1c1ccc2c(c1)OCCO2. The Bertz CT molecular complexity index is 1070. The fraction of sp³-hybridized carbons (Fsp3) is 0.304. The highest BCUT2D eigenvalue weighted by molar-refractivity contribution is 7.13. The number of ether oxygens (including phenoxy) is 2. The number of carbonyl (C=O) groups is 1. The quantitative estimate of drug-likeness (QED) is 0.613. The zero-order valence-electron chi connectivity index (χ0n) is 16.3. The van der Waals surface area contributed by atoms with E-state index in [4.69, 9.17) is 9.47 Å². The highest BCUT2D eigenvalue weighted by Gasteiger charge is 2.31. The number of nitrogens with zero attached hydrogens (tertiary/aromatic N) is 2. The summed E-state index contributed by atoms with van der Waals surface area (Å²) in [6.07, 6.45) is 2.17. The van der Waals surface area contributed by atoms with E-state index in [1.54, 1.807) is 12.1 Å². The topological polar surface area (TPSA) is 51.7 Å². The molecule has 3 heterocycles. The van der Waals surface area contributed by atoms with Gasteiger partial charge in [0.1, 0.15) is 24.0 Å². The maximum Gasteiger partial charge on any atom is 0.229 e. The van der Waals surface area contributed by atoms with Gasteiger partial charge in [-0.1, -0.05) is 6.07 Å². The van der Waals surface area contributed by atoms with Gasteiger partial charge >= 0.3 is 0 Å². The van der Waals surface area contributed by atoms with Crippen LogP contribution in [0, 0.1) is 5.82 Å². The van der Waals surface area contributed by atoms with Crippen LogP contribution in [0.5, 0.6) is 11.5 Å². The number of thiazole rings is 1. The average molecular weight is 424 g/mol. The van der Waals surface area contributed by atoms with E-state index < -0.39 is 0 Å². The third-order valence-electron chi connectivity index (χ3n) is 5.50. The summed E-state index contributed by atoms with van der Waals surface area (Å²) in [6.45, 7) is 1.85. The molecule has 0 radical (unpaired) electrons. The third kappa shape index (κ3) is 3.77. The summed E-state index contributed by atoms with van der Waals surface area (Å²) < 4.78 is 24.5. The number of aromatic nitrogens is 1. The third-order valence-corrected chi connectivity index (χ3v) is 6.44. The molecule has 7 heteroatoms. The van der Waals surface area contributed by atoms with Gasteiger partial charge in [0.2, 0.25) is 5.91 Å². The van der Waals surface area contributed by atoms with Crippen molar-refractivity contribution in [2.45, 2.75) is 25.3 Å². The van der Waals surface area contributed by atoms with Crippen LogP contribution in [-0.2, 0) is 11.2 Å². The molecule has 0 aliphatic carbocycles. The summed E-state index contributed by atoms with van der Waals surface area (Å²) >= 11 is 1.47. The van der Waals surface area contributed by atoms with Crippen LogP contribution in [-0.4, -0.2) is 35.5 Å². The highest BCUT2D eigenvalue weighted by Crippen LogP contribution is 2.38. The lowest BCUT2D eigenvalue weighted by molar-refractivity contribution is -0.131. The molecule has 2 aliphatic rings. The van der Waals surface area contributed by atoms with E-state index in [1.165, 1.54) is 23.5 Å². The summed E-state index contributed by atoms with van der Waals surface area (Å²) in [6, 6.07) is 12.3. The van der Waals surface area contributed by atoms with Gasteiger partial charge < -0.3 is 14.4 Å². The summed E-state index contributed by atoms with van der Waals surface area (Å²) in [5, 5.41) is 2.70. The second-order valence-electron chi connectivity index (χ2n) is 7.48. The van der Waals surface area contributed by atoms with Crippen molar-refractivity contribution in [3.05, 3.63) is 64.9 Å². The molecule has 5 rings (SSSR count). The largest absolute Gasteiger partial charge is 0.486 e. The molecule has 0 bridgehead atoms. The molecule has 0 N–H and O–H groups in total. The van der Waals surface area contributed by atoms with Crippen LogP contribution in [0.25, 0.3) is 10.6 Å². The van der Waals surface area contributed by atoms with Crippen LogP contribution in [0.15, 0.2) is 47.8 Å². The Labute approximate surface area is 178 Å². The second-order valence-corrected chi connectivity index (χ2v) is 8.33. The summed E-state index contributed by atoms with van der Waals surface area (Å²) in [4.78, 5) is 19.6. The van der Waals surface area contributed by atoms with Crippen LogP contribution < -0.4 is 9.47 Å². The normalized spacial score (nSPS) is 17.9. The van der Waals surface area contributed by atoms with E-state index in [2.05, 4.69) is 4.98 Å². The number of rotatable bonds is 4. The first-order chi connectivity index (χ1) is 14.7. The molecule has 30 heavy (non-hydrogen) atoms. The predicted octanol–water partition coefficient (Wildman–Crippen LogP) is 4.63. The van der Waals surface area contributed by atoms with Gasteiger partial charge in [0.15, 0.2) is 11.5 Å². The molecule has 1 aromatic heterocycles. The zero-order valence-corrected chi connectivity index (χ0v) is 17.2. The molecule has 1 saturated heterocycles. The number of likely N-dealkylation sites (tertiary alicyclic amines) is 1. The van der Waals surface area contributed by atoms with Crippen molar-refractivity contribution in [2.24, 2.45) is 0 Å². The van der Waals surface area contributed by atoms with Crippen LogP contribution in [0.2, 0.25) is 0 Å². The molecular weight excluding hydrogens is 403 g/mol. The summed E-state index contributed by atoms with van der Waals surface area (Å²) in [5.41, 5.74) is 2.68. The lowest BCUT2D eigenvalue weighted by Gasteiger charge is -2.26. The maximum absolute atomic E-state index is 13.1. The van der Waals surface area contributed by atoms with Crippen LogP contribution >= 0.6 is 11.3 Å². The van der Waals surface area contributed by atoms with Crippen molar-refractivity contribution >= 4 is 17.2 Å². The van der Waals surface area contributed by atoms with Gasteiger partial charge in [-0.2, -0.15) is 0 Å². The Morgan fingerprint density at radius 1 is 1.13 bits per heavy atom. The number of hydrogen-bond acceptors (Lipinski definition) is 5. The van der Waals surface area contributed by atoms with E-state index in [0.717, 1.165) is 52.7 Å². The molecule has 0 saturated carbocycles. The molecular formula is C23H21FN2O3S. The van der Waals surface area contributed by atoms with Crippen molar-refractivity contribution in [3.63, 3.8) is 0 Å². The molecule has 154 valence electrons. The van der Waals surface area contributed by atoms with Gasteiger partial charge in [-0.05, 0) is 54.8 Å². The minimum atomic E-state index is -0.273. The van der Waals surface area contributed by atoms with Crippen molar-refractivity contribution in [2.75, 3.05) is 19.8 Å². The first-order valence-corrected chi connectivity index (χ1v) is 10.9. The van der Waals surface area contributed by atoms with Crippen molar-refractivity contribution < 1.29 is 18.7 Å². The molecule has 1 unspecified atom stereocenters. The molecule has 0 spiro atoms. The van der Waals surface area contributed by atoms with Gasteiger partial charge in [-0.25, -0.2) is 9.37 Å². The average Bonchev–Trinajstić information content (AvgIpc) is 3.44. The second kappa shape index (κ2) is 8.07. The van der Waals surface area contributed by atoms with E-state index >= 15 is 0 Å². The maximum atomic E-state index is 13.1. The lowest BCUT2D eigenvalue weighted by atomic mass is 10.0. The van der Waals surface area contributed by atoms with E-state index in [1.807, 2.05) is 28.5 Å². The number of halogens is 1. The molecule has 5 nitrogen and oxygen atoms in total. The monoisotopic (exact) mass is 424 g/mol. The van der Waals surface area contributed by atoms with E-state index in [9.17, 15) is 9.18 Å². The standard InChI is InChI=1S/C23H21FN2O3S/c24-17-6-3-15(4-7-17)23-25-18(14-30-23)13-22(27)26-9-1-2-19(26)16-5-8-20-21(12-16)29-11-10-28-20/h3-8,12,14,19H,1-2,9-11,13H2. The number of hydrogen-bond donors (Lipinski definition) is 0. The number of benzene rings is 2. The van der Waals surface area contributed by atoms with Crippen molar-refractivity contribution in [1.82, 2.24) is 9.88 Å². The van der Waals surface area contributed by atoms with Gasteiger partial charge in [0.25, 0.3) is 0 Å². The first-order valence-electron chi connectivity index (χ1n) is 10.1. The molecule has 1 fully saturated rings. The van der Waals surface area contributed by atoms with Gasteiger partial charge in [-0.15, -0.1) is 11.3 Å². The summed E-state index contributed by atoms with van der Waals surface area (Å²) in [7, 11) is 0. The Morgan fingerprint density at radius 2 is 1.93 bits per heavy atom. The Hall–Kier alpha value is -2.93. The van der Waals surface area contributed by atoms with Gasteiger partial charge in [-0.3, -0.25) is 4.79 Å². The first kappa shape index (κ1) is 19.1. The lowest BCUT2D eigenvalue weighted by Crippen LogP contribution is -2.32. The van der Waals surface area contributed by atoms with Crippen molar-refractivity contribution in [1.29, 1.82) is 0 Å². The van der Waals surface area contributed by atoms with Crippen LogP contribution in [0.4, 0.5) is 4.39 Å².